The minimum absolute atomic E-state index is 0.0671. The lowest BCUT2D eigenvalue weighted by Gasteiger charge is -2.35. The lowest BCUT2D eigenvalue weighted by molar-refractivity contribution is -0.0502. The number of hydrogen-bond donors (Lipinski definition) is 1. The second-order valence-corrected chi connectivity index (χ2v) is 7.13. The van der Waals surface area contributed by atoms with Crippen molar-refractivity contribution < 1.29 is 14.1 Å². The molecule has 0 saturated carbocycles. The molecule has 0 spiro atoms. The molecule has 1 amide bonds. The summed E-state index contributed by atoms with van der Waals surface area (Å²) in [6.07, 6.45) is 2.59. The molecule has 7 heteroatoms. The Morgan fingerprint density at radius 3 is 2.93 bits per heavy atom. The normalized spacial score (nSPS) is 25.4. The fourth-order valence-corrected chi connectivity index (χ4v) is 4.05. The molecule has 1 N–H and O–H groups in total. The third kappa shape index (κ3) is 3.09. The Bertz CT molecular complexity index is 958. The van der Waals surface area contributed by atoms with E-state index in [2.05, 4.69) is 32.5 Å². The van der Waals surface area contributed by atoms with E-state index in [0.717, 1.165) is 19.5 Å². The van der Waals surface area contributed by atoms with Crippen LogP contribution in [0.25, 0.3) is 11.0 Å². The summed E-state index contributed by atoms with van der Waals surface area (Å²) in [6, 6.07) is 14.3. The Morgan fingerprint density at radius 2 is 2.04 bits per heavy atom. The van der Waals surface area contributed by atoms with Gasteiger partial charge in [-0.25, -0.2) is 4.98 Å². The van der Waals surface area contributed by atoms with E-state index in [0.29, 0.717) is 23.7 Å². The predicted molar refractivity (Wildman–Crippen MR) is 98.2 cm³/mol. The van der Waals surface area contributed by atoms with Crippen LogP contribution in [0.1, 0.15) is 28.6 Å². The van der Waals surface area contributed by atoms with Gasteiger partial charge in [0.15, 0.2) is 0 Å². The number of nitrogens with zero attached hydrogens (tertiary/aromatic N) is 3. The van der Waals surface area contributed by atoms with Gasteiger partial charge >= 0.3 is 0 Å². The molecule has 2 fully saturated rings. The van der Waals surface area contributed by atoms with Crippen molar-refractivity contribution in [3.63, 3.8) is 0 Å². The second-order valence-electron chi connectivity index (χ2n) is 7.13. The highest BCUT2D eigenvalue weighted by atomic mass is 16.5. The largest absolute Gasteiger partial charge is 0.371 e. The Morgan fingerprint density at radius 1 is 1.15 bits per heavy atom. The van der Waals surface area contributed by atoms with Crippen LogP contribution < -0.4 is 5.32 Å². The van der Waals surface area contributed by atoms with Crippen molar-refractivity contribution in [3.8, 4) is 0 Å². The van der Waals surface area contributed by atoms with Gasteiger partial charge in [0, 0.05) is 31.4 Å². The molecule has 3 aromatic rings. The number of morpholine rings is 1. The van der Waals surface area contributed by atoms with Gasteiger partial charge < -0.3 is 14.6 Å². The van der Waals surface area contributed by atoms with Gasteiger partial charge in [-0.3, -0.25) is 9.69 Å². The lowest BCUT2D eigenvalue weighted by atomic mass is 10.1. The summed E-state index contributed by atoms with van der Waals surface area (Å²) in [5.74, 6) is -0.0164. The maximum absolute atomic E-state index is 12.6. The monoisotopic (exact) mass is 364 g/mol. The number of carbonyl (C=O) groups is 1. The number of benzene rings is 1. The third-order valence-electron chi connectivity index (χ3n) is 5.39. The van der Waals surface area contributed by atoms with Gasteiger partial charge in [0.1, 0.15) is 0 Å². The van der Waals surface area contributed by atoms with Crippen LogP contribution in [0.3, 0.4) is 0 Å². The highest BCUT2D eigenvalue weighted by Crippen LogP contribution is 2.30. The number of pyridine rings is 1. The van der Waals surface area contributed by atoms with Gasteiger partial charge in [-0.05, 0) is 24.1 Å². The van der Waals surface area contributed by atoms with Crippen molar-refractivity contribution in [1.29, 1.82) is 0 Å². The second kappa shape index (κ2) is 6.75. The smallest absolute Gasteiger partial charge is 0.290 e. The molecule has 0 unspecified atom stereocenters. The molecule has 2 aliphatic rings. The van der Waals surface area contributed by atoms with Crippen molar-refractivity contribution in [1.82, 2.24) is 20.4 Å². The summed E-state index contributed by atoms with van der Waals surface area (Å²) in [4.78, 5) is 19.2. The Kier molecular flexibility index (Phi) is 4.10. The number of carbonyl (C=O) groups excluding carboxylic acids is 1. The molecule has 4 heterocycles. The average Bonchev–Trinajstić information content (AvgIpc) is 3.31. The standard InChI is InChI=1S/C20H20N4O3/c25-20(18-16-7-4-8-21-19(16)23-27-18)22-14-9-15-12-26-17(11-24(15)10-14)13-5-2-1-3-6-13/h1-8,14-15,17H,9-12H2,(H,22,25)/t14-,15+,17-/m1/s1. The van der Waals surface area contributed by atoms with Gasteiger partial charge in [-0.15, -0.1) is 0 Å². The van der Waals surface area contributed by atoms with Crippen LogP contribution in [0.15, 0.2) is 53.2 Å². The van der Waals surface area contributed by atoms with E-state index < -0.39 is 0 Å². The maximum atomic E-state index is 12.6. The quantitative estimate of drug-likeness (QED) is 0.767. The van der Waals surface area contributed by atoms with Crippen molar-refractivity contribution in [2.24, 2.45) is 0 Å². The molecule has 27 heavy (non-hydrogen) atoms. The Labute approximate surface area is 156 Å². The molecule has 0 bridgehead atoms. The maximum Gasteiger partial charge on any atom is 0.290 e. The number of amides is 1. The molecule has 2 aliphatic heterocycles. The fourth-order valence-electron chi connectivity index (χ4n) is 4.05. The SMILES string of the molecule is O=C(N[C@@H]1C[C@H]2CO[C@@H](c3ccccc3)CN2C1)c1onc2ncccc12. The molecule has 1 aromatic carbocycles. The van der Waals surface area contributed by atoms with E-state index >= 15 is 0 Å². The molecule has 2 aromatic heterocycles. The summed E-state index contributed by atoms with van der Waals surface area (Å²) in [5.41, 5.74) is 1.65. The van der Waals surface area contributed by atoms with Crippen LogP contribution in [0.4, 0.5) is 0 Å². The highest BCUT2D eigenvalue weighted by Gasteiger charge is 2.38. The van der Waals surface area contributed by atoms with Crippen LogP contribution in [0.5, 0.6) is 0 Å². The number of aromatic nitrogens is 2. The highest BCUT2D eigenvalue weighted by molar-refractivity contribution is 6.02. The van der Waals surface area contributed by atoms with Crippen LogP contribution in [0, 0.1) is 0 Å². The van der Waals surface area contributed by atoms with Crippen molar-refractivity contribution in [2.75, 3.05) is 19.7 Å². The van der Waals surface area contributed by atoms with Crippen molar-refractivity contribution in [3.05, 3.63) is 60.0 Å². The van der Waals surface area contributed by atoms with Gasteiger partial charge in [0.25, 0.3) is 5.91 Å². The Balaban J connectivity index is 1.25. The zero-order valence-electron chi connectivity index (χ0n) is 14.7. The van der Waals surface area contributed by atoms with Crippen LogP contribution in [-0.2, 0) is 4.74 Å². The molecule has 3 atom stereocenters. The first-order valence-electron chi connectivity index (χ1n) is 9.20. The van der Waals surface area contributed by atoms with Crippen molar-refractivity contribution in [2.45, 2.75) is 24.6 Å². The van der Waals surface area contributed by atoms with Crippen LogP contribution in [-0.4, -0.2) is 52.7 Å². The summed E-state index contributed by atoms with van der Waals surface area (Å²) in [6.45, 7) is 2.34. The molecule has 0 aliphatic carbocycles. The lowest BCUT2D eigenvalue weighted by Crippen LogP contribution is -2.43. The summed E-state index contributed by atoms with van der Waals surface area (Å²) in [5, 5.41) is 7.58. The predicted octanol–water partition coefficient (Wildman–Crippen LogP) is 2.17. The molecule has 0 radical (unpaired) electrons. The summed E-state index contributed by atoms with van der Waals surface area (Å²) < 4.78 is 11.3. The Hall–Kier alpha value is -2.77. The van der Waals surface area contributed by atoms with Gasteiger partial charge in [0.2, 0.25) is 11.4 Å². The fraction of sp³-hybridized carbons (Fsp3) is 0.350. The van der Waals surface area contributed by atoms with Crippen molar-refractivity contribution >= 4 is 16.9 Å². The summed E-state index contributed by atoms with van der Waals surface area (Å²) >= 11 is 0. The van der Waals surface area contributed by atoms with Gasteiger partial charge in [-0.1, -0.05) is 35.5 Å². The average molecular weight is 364 g/mol. The molecule has 2 saturated heterocycles. The first kappa shape index (κ1) is 16.4. The van der Waals surface area contributed by atoms with Crippen LogP contribution >= 0.6 is 0 Å². The third-order valence-corrected chi connectivity index (χ3v) is 5.39. The van der Waals surface area contributed by atoms with E-state index in [-0.39, 0.29) is 23.8 Å². The molecule has 7 nitrogen and oxygen atoms in total. The molecular weight excluding hydrogens is 344 g/mol. The first-order chi connectivity index (χ1) is 13.3. The molecule has 5 rings (SSSR count). The minimum Gasteiger partial charge on any atom is -0.371 e. The zero-order valence-corrected chi connectivity index (χ0v) is 14.7. The summed E-state index contributed by atoms with van der Waals surface area (Å²) in [7, 11) is 0. The van der Waals surface area contributed by atoms with E-state index in [1.54, 1.807) is 18.3 Å². The topological polar surface area (TPSA) is 80.5 Å². The number of nitrogens with one attached hydrogen (secondary N) is 1. The van der Waals surface area contributed by atoms with Gasteiger partial charge in [-0.2, -0.15) is 0 Å². The first-order valence-corrected chi connectivity index (χ1v) is 9.20. The van der Waals surface area contributed by atoms with E-state index in [4.69, 9.17) is 9.26 Å². The van der Waals surface area contributed by atoms with Gasteiger partial charge in [0.05, 0.1) is 18.1 Å². The van der Waals surface area contributed by atoms with Crippen LogP contribution in [0.2, 0.25) is 0 Å². The zero-order chi connectivity index (χ0) is 18.2. The molecule has 138 valence electrons. The molecular formula is C20H20N4O3. The minimum atomic E-state index is -0.240. The number of hydrogen-bond acceptors (Lipinski definition) is 6. The number of fused-ring (bicyclic) bond motifs is 2. The number of ether oxygens (including phenoxy) is 1. The van der Waals surface area contributed by atoms with E-state index in [9.17, 15) is 4.79 Å². The van der Waals surface area contributed by atoms with E-state index in [1.165, 1.54) is 5.56 Å². The number of rotatable bonds is 3. The van der Waals surface area contributed by atoms with E-state index in [1.807, 2.05) is 18.2 Å².